The van der Waals surface area contributed by atoms with Gasteiger partial charge in [-0.2, -0.15) is 23.5 Å². The minimum atomic E-state index is -2.05. The molecule has 33 heteroatoms. The summed E-state index contributed by atoms with van der Waals surface area (Å²) in [6, 6.07) is 9.72. The molecule has 0 radical (unpaired) electrons. The number of hydrogen-bond acceptors (Lipinski definition) is 16. The standard InChI is InChI=1S/C69H76F2N16O13S2/c1-69-15-3-16-87(69)67(99)56(19-37-6-10-46(88)11-7-37)85-65(97)54(25-45-30-74-36-79-45)83-66(98)55(26-60(91)92)84-64(96)52(21-41-28-76-50-13-9-43(71)23-48(41)50)82-63(95)51(20-40-27-75-49-12-8-42(70)22-47(40)49)81-59(90)31-77-62(94)53(24-44-29-73-35-78-44)80-58(89)14-17-101-32-38-4-2-5-39(18-38)33-102-34-57(61(72)93)86-68(69)100/h2,4-13,18,22-23,27-30,35-36,51-57,75-76,88H,3,14-17,19-21,24-26,31-34H2,1H3,(H2,72,93)(H,73,78)(H,74,79)(H,77,94)(H,80,89)(H,81,90)(H,82,95)(H,83,98)(H,84,96)(H,85,97)(H,86,100)(H,91,92)/t51-,52-,53-,54+,55-,56-,57+,69-/m0/s1. The van der Waals surface area contributed by atoms with Crippen molar-refractivity contribution in [2.45, 2.75) is 124 Å². The van der Waals surface area contributed by atoms with Crippen LogP contribution in [0.25, 0.3) is 21.8 Å². The number of carboxylic acid groups (broad SMARTS) is 1. The van der Waals surface area contributed by atoms with Crippen molar-refractivity contribution < 1.29 is 71.7 Å². The SMILES string of the molecule is C[C@@]12CCCN1C(=O)[C@H](Cc1ccc(O)cc1)NC(=O)[C@@H](Cc1cnc[nH]1)NC(=O)[C@H](CC(=O)O)NC(=O)[C@H](Cc1c[nH]c3ccc(F)cc13)NC(=O)[C@H](Cc1c[nH]c3ccc(F)cc13)NC(=O)CNC(=O)[C@H](Cc1c[nH]cn1)NC(=O)CCSCc1cccc(c1)CSC[C@H](C(N)=O)NC2=O. The normalized spacial score (nSPS) is 22.6. The Kier molecular flexibility index (Phi) is 24.4. The van der Waals surface area contributed by atoms with Crippen LogP contribution < -0.4 is 48.3 Å². The first-order chi connectivity index (χ1) is 48.9. The third kappa shape index (κ3) is 19.5. The molecular weight excluding hydrogens is 1360 g/mol. The number of benzene rings is 4. The summed E-state index contributed by atoms with van der Waals surface area (Å²) >= 11 is 2.76. The number of nitrogens with one attached hydrogen (secondary N) is 12. The number of aromatic hydroxyl groups is 1. The van der Waals surface area contributed by atoms with Gasteiger partial charge >= 0.3 is 5.97 Å². The molecule has 29 nitrogen and oxygen atoms in total. The van der Waals surface area contributed by atoms with Crippen molar-refractivity contribution in [3.8, 4) is 5.75 Å². The maximum absolute atomic E-state index is 15.2. The summed E-state index contributed by atoms with van der Waals surface area (Å²) in [5, 5.41) is 42.0. The molecule has 8 aromatic rings. The summed E-state index contributed by atoms with van der Waals surface area (Å²) in [5.41, 5.74) is 8.53. The van der Waals surface area contributed by atoms with E-state index in [1.807, 2.05) is 24.3 Å². The number of fused-ring (bicyclic) bond motifs is 5. The number of imidazole rings is 2. The molecule has 1 fully saturated rings. The van der Waals surface area contributed by atoms with Gasteiger partial charge in [0.05, 0.1) is 31.3 Å². The van der Waals surface area contributed by atoms with E-state index in [0.717, 1.165) is 17.2 Å². The van der Waals surface area contributed by atoms with E-state index in [-0.39, 0.29) is 66.8 Å². The Balaban J connectivity index is 0.985. The number of thioether (sulfide) groups is 2. The highest BCUT2D eigenvalue weighted by Gasteiger charge is 2.49. The van der Waals surface area contributed by atoms with Gasteiger partial charge in [-0.05, 0) is 96.1 Å². The van der Waals surface area contributed by atoms with Crippen molar-refractivity contribution >= 4 is 110 Å². The van der Waals surface area contributed by atoms with E-state index in [9.17, 15) is 52.6 Å². The van der Waals surface area contributed by atoms with Crippen LogP contribution in [0.2, 0.25) is 0 Å². The van der Waals surface area contributed by atoms with Gasteiger partial charge in [-0.15, -0.1) is 0 Å². The molecule has 2 aliphatic rings. The molecule has 6 heterocycles. The molecule has 1 saturated heterocycles. The Morgan fingerprint density at radius 3 is 1.83 bits per heavy atom. The number of primary amides is 1. The fraction of sp³-hybridized carbons (Fsp3) is 0.348. The van der Waals surface area contributed by atoms with Crippen LogP contribution in [0, 0.1) is 11.6 Å². The maximum Gasteiger partial charge on any atom is 0.305 e. The van der Waals surface area contributed by atoms with Crippen LogP contribution in [-0.4, -0.2) is 182 Å². The lowest BCUT2D eigenvalue weighted by molar-refractivity contribution is -0.147. The van der Waals surface area contributed by atoms with Gasteiger partial charge in [-0.25, -0.2) is 18.7 Å². The largest absolute Gasteiger partial charge is 0.508 e. The van der Waals surface area contributed by atoms with Crippen molar-refractivity contribution in [2.24, 2.45) is 5.73 Å². The zero-order valence-corrected chi connectivity index (χ0v) is 56.7. The molecule has 4 aromatic heterocycles. The zero-order valence-electron chi connectivity index (χ0n) is 55.1. The Labute approximate surface area is 590 Å². The van der Waals surface area contributed by atoms with Gasteiger partial charge in [-0.1, -0.05) is 36.4 Å². The molecule has 10 amide bonds. The van der Waals surface area contributed by atoms with Crippen LogP contribution in [0.5, 0.6) is 5.75 Å². The lowest BCUT2D eigenvalue weighted by atomic mass is 9.95. The lowest BCUT2D eigenvalue weighted by Gasteiger charge is -2.37. The molecule has 8 atom stereocenters. The molecule has 536 valence electrons. The van der Waals surface area contributed by atoms with Crippen molar-refractivity contribution in [3.63, 3.8) is 0 Å². The van der Waals surface area contributed by atoms with Gasteiger partial charge in [0.2, 0.25) is 59.1 Å². The number of aliphatic carboxylic acids is 1. The average molecular weight is 1440 g/mol. The average Bonchev–Trinajstić information content (AvgIpc) is 1.82. The van der Waals surface area contributed by atoms with Gasteiger partial charge < -0.3 is 83.3 Å². The summed E-state index contributed by atoms with van der Waals surface area (Å²) in [6.07, 6.45) is 6.06. The summed E-state index contributed by atoms with van der Waals surface area (Å²) in [6.45, 7) is 0.749. The fourth-order valence-corrected chi connectivity index (χ4v) is 14.1. The monoisotopic (exact) mass is 1440 g/mol. The van der Waals surface area contributed by atoms with Crippen LogP contribution in [0.4, 0.5) is 8.78 Å². The molecule has 0 spiro atoms. The lowest BCUT2D eigenvalue weighted by Crippen LogP contribution is -2.63. The van der Waals surface area contributed by atoms with Crippen LogP contribution in [-0.2, 0) is 96.3 Å². The summed E-state index contributed by atoms with van der Waals surface area (Å²) in [5.74, 6) is -11.0. The van der Waals surface area contributed by atoms with Crippen LogP contribution >= 0.6 is 23.5 Å². The Morgan fingerprint density at radius 1 is 0.637 bits per heavy atom. The third-order valence-corrected chi connectivity index (χ3v) is 19.7. The van der Waals surface area contributed by atoms with Gasteiger partial charge in [0, 0.05) is 120 Å². The number of phenolic OH excluding ortho intramolecular Hbond substituents is 1. The number of amides is 10. The molecule has 2 aliphatic heterocycles. The number of halogens is 2. The topological polar surface area (TPSA) is 443 Å². The summed E-state index contributed by atoms with van der Waals surface area (Å²) < 4.78 is 29.9. The number of carbonyl (C=O) groups excluding carboxylic acids is 10. The zero-order chi connectivity index (χ0) is 72.6. The number of nitrogens with two attached hydrogens (primary N) is 1. The van der Waals surface area contributed by atoms with Crippen LogP contribution in [0.3, 0.4) is 0 Å². The number of hydrogen-bond donors (Lipinski definition) is 15. The number of rotatable bonds is 13. The highest BCUT2D eigenvalue weighted by molar-refractivity contribution is 7.98. The summed E-state index contributed by atoms with van der Waals surface area (Å²) in [4.78, 5) is 179. The van der Waals surface area contributed by atoms with Gasteiger partial charge in [0.15, 0.2) is 0 Å². The first kappa shape index (κ1) is 73.6. The van der Waals surface area contributed by atoms with Crippen molar-refractivity contribution in [2.75, 3.05) is 24.6 Å². The second kappa shape index (κ2) is 33.8. The maximum atomic E-state index is 15.2. The van der Waals surface area contributed by atoms with Crippen molar-refractivity contribution in [3.05, 3.63) is 173 Å². The highest BCUT2D eigenvalue weighted by atomic mass is 32.2. The number of aromatic amines is 4. The Hall–Kier alpha value is -11.1. The molecule has 102 heavy (non-hydrogen) atoms. The van der Waals surface area contributed by atoms with Crippen LogP contribution in [0.1, 0.15) is 71.8 Å². The second-order valence-corrected chi connectivity index (χ2v) is 27.2. The molecule has 16 N–H and O–H groups in total. The first-order valence-corrected chi connectivity index (χ1v) is 34.9. The van der Waals surface area contributed by atoms with Gasteiger partial charge in [0.25, 0.3) is 0 Å². The minimum absolute atomic E-state index is 0.0121. The van der Waals surface area contributed by atoms with Gasteiger partial charge in [-0.3, -0.25) is 52.7 Å². The summed E-state index contributed by atoms with van der Waals surface area (Å²) in [7, 11) is 0. The van der Waals surface area contributed by atoms with Crippen molar-refractivity contribution in [1.82, 2.24) is 77.3 Å². The first-order valence-electron chi connectivity index (χ1n) is 32.6. The number of nitrogens with zero attached hydrogens (tertiary/aromatic N) is 3. The number of phenols is 1. The fourth-order valence-electron chi connectivity index (χ4n) is 12.2. The van der Waals surface area contributed by atoms with Crippen molar-refractivity contribution in [1.29, 1.82) is 0 Å². The van der Waals surface area contributed by atoms with E-state index in [0.29, 0.717) is 56.9 Å². The molecule has 2 bridgehead atoms. The van der Waals surface area contributed by atoms with Gasteiger partial charge in [0.1, 0.15) is 65.2 Å². The number of H-pyrrole nitrogens is 4. The second-order valence-electron chi connectivity index (χ2n) is 25.1. The van der Waals surface area contributed by atoms with Crippen LogP contribution in [0.15, 0.2) is 122 Å². The molecule has 10 rings (SSSR count). The van der Waals surface area contributed by atoms with E-state index in [2.05, 4.69) is 72.4 Å². The van der Waals surface area contributed by atoms with E-state index in [1.54, 1.807) is 0 Å². The smallest absolute Gasteiger partial charge is 0.305 e. The Morgan fingerprint density at radius 2 is 1.23 bits per heavy atom. The molecule has 0 saturated carbocycles. The molecule has 4 aromatic carbocycles. The minimum Gasteiger partial charge on any atom is -0.508 e. The number of carbonyl (C=O) groups is 11. The predicted octanol–water partition coefficient (Wildman–Crippen LogP) is 2.01. The third-order valence-electron chi connectivity index (χ3n) is 17.6. The Bertz CT molecular complexity index is 4390. The molecule has 0 aliphatic carbocycles. The number of aromatic nitrogens is 6. The van der Waals surface area contributed by atoms with E-state index >= 15 is 19.2 Å². The highest BCUT2D eigenvalue weighted by Crippen LogP contribution is 2.32. The molecule has 0 unspecified atom stereocenters. The molecular formula is C69H76F2N16O13S2. The van der Waals surface area contributed by atoms with E-state index < -0.39 is 150 Å². The van der Waals surface area contributed by atoms with E-state index in [4.69, 9.17) is 5.73 Å². The quantitative estimate of drug-likeness (QED) is 0.0785. The predicted molar refractivity (Wildman–Crippen MR) is 371 cm³/mol. The van der Waals surface area contributed by atoms with E-state index in [1.165, 1.54) is 127 Å². The number of carboxylic acids is 1.